The van der Waals surface area contributed by atoms with E-state index in [9.17, 15) is 8.42 Å². The van der Waals surface area contributed by atoms with E-state index in [0.717, 1.165) is 17.7 Å². The number of sulfone groups is 1. The molecule has 4 heteroatoms. The first-order valence-electron chi connectivity index (χ1n) is 6.70. The molecule has 1 unspecified atom stereocenters. The first kappa shape index (κ1) is 16.2. The first-order valence-corrected chi connectivity index (χ1v) is 8.35. The fourth-order valence-electron chi connectivity index (χ4n) is 1.95. The number of benzene rings is 1. The highest BCUT2D eigenvalue weighted by molar-refractivity contribution is 7.92. The molecule has 3 nitrogen and oxygen atoms in total. The summed E-state index contributed by atoms with van der Waals surface area (Å²) in [5, 5.41) is 3.29. The maximum absolute atomic E-state index is 12.4. The Bertz CT molecular complexity index is 515. The summed E-state index contributed by atoms with van der Waals surface area (Å²) in [6, 6.07) is 7.80. The van der Waals surface area contributed by atoms with Gasteiger partial charge in [0.15, 0.2) is 9.84 Å². The minimum atomic E-state index is -3.15. The van der Waals surface area contributed by atoms with Crippen LogP contribution in [0, 0.1) is 6.92 Å². The molecule has 0 aliphatic carbocycles. The first-order chi connectivity index (χ1) is 8.69. The standard InChI is InChI=1S/C15H25NO2S/c1-6-16-14(11-19(17,18)15(3,4)5)13-10-8-7-9-12(13)2/h7-10,14,16H,6,11H2,1-5H3. The highest BCUT2D eigenvalue weighted by atomic mass is 32.2. The van der Waals surface area contributed by atoms with E-state index in [4.69, 9.17) is 0 Å². The number of aryl methyl sites for hydroxylation is 1. The van der Waals surface area contributed by atoms with Crippen LogP contribution < -0.4 is 5.32 Å². The summed E-state index contributed by atoms with van der Waals surface area (Å²) in [4.78, 5) is 0. The van der Waals surface area contributed by atoms with E-state index in [1.807, 2.05) is 38.1 Å². The number of hydrogen-bond acceptors (Lipinski definition) is 3. The molecular weight excluding hydrogens is 258 g/mol. The van der Waals surface area contributed by atoms with Crippen LogP contribution in [0.4, 0.5) is 0 Å². The van der Waals surface area contributed by atoms with E-state index >= 15 is 0 Å². The van der Waals surface area contributed by atoms with E-state index in [2.05, 4.69) is 5.32 Å². The quantitative estimate of drug-likeness (QED) is 0.904. The van der Waals surface area contributed by atoms with Gasteiger partial charge in [0.1, 0.15) is 0 Å². The van der Waals surface area contributed by atoms with Crippen molar-refractivity contribution in [1.82, 2.24) is 5.32 Å². The zero-order valence-electron chi connectivity index (χ0n) is 12.5. The van der Waals surface area contributed by atoms with Crippen LogP contribution >= 0.6 is 0 Å². The van der Waals surface area contributed by atoms with Crippen LogP contribution in [0.2, 0.25) is 0 Å². The Hall–Kier alpha value is -0.870. The second-order valence-electron chi connectivity index (χ2n) is 5.86. The second-order valence-corrected chi connectivity index (χ2v) is 8.65. The largest absolute Gasteiger partial charge is 0.309 e. The average Bonchev–Trinajstić information content (AvgIpc) is 2.27. The van der Waals surface area contributed by atoms with Crippen molar-refractivity contribution in [2.24, 2.45) is 0 Å². The molecule has 0 aromatic heterocycles. The summed E-state index contributed by atoms with van der Waals surface area (Å²) in [5.41, 5.74) is 2.19. The van der Waals surface area contributed by atoms with Crippen LogP contribution in [-0.2, 0) is 9.84 Å². The SMILES string of the molecule is CCNC(CS(=O)(=O)C(C)(C)C)c1ccccc1C. The highest BCUT2D eigenvalue weighted by Gasteiger charge is 2.32. The van der Waals surface area contributed by atoms with Gasteiger partial charge in [0.05, 0.1) is 10.5 Å². The fraction of sp³-hybridized carbons (Fsp3) is 0.600. The van der Waals surface area contributed by atoms with Crippen molar-refractivity contribution >= 4 is 9.84 Å². The minimum absolute atomic E-state index is 0.134. The molecule has 0 saturated carbocycles. The molecule has 0 spiro atoms. The van der Waals surface area contributed by atoms with Crippen molar-refractivity contribution in [1.29, 1.82) is 0 Å². The van der Waals surface area contributed by atoms with Gasteiger partial charge in [0.2, 0.25) is 0 Å². The average molecular weight is 283 g/mol. The van der Waals surface area contributed by atoms with Crippen LogP contribution in [0.1, 0.15) is 44.9 Å². The van der Waals surface area contributed by atoms with Gasteiger partial charge >= 0.3 is 0 Å². The van der Waals surface area contributed by atoms with Gasteiger partial charge < -0.3 is 5.32 Å². The molecule has 1 atom stereocenters. The van der Waals surface area contributed by atoms with Crippen molar-refractivity contribution in [3.05, 3.63) is 35.4 Å². The van der Waals surface area contributed by atoms with Gasteiger partial charge in [-0.05, 0) is 45.4 Å². The van der Waals surface area contributed by atoms with E-state index in [1.54, 1.807) is 20.8 Å². The third kappa shape index (κ3) is 4.05. The van der Waals surface area contributed by atoms with E-state index in [0.29, 0.717) is 0 Å². The van der Waals surface area contributed by atoms with Gasteiger partial charge in [-0.25, -0.2) is 8.42 Å². The Morgan fingerprint density at radius 3 is 2.26 bits per heavy atom. The lowest BCUT2D eigenvalue weighted by molar-refractivity contribution is 0.533. The van der Waals surface area contributed by atoms with Crippen molar-refractivity contribution in [3.63, 3.8) is 0 Å². The molecule has 0 heterocycles. The zero-order valence-corrected chi connectivity index (χ0v) is 13.3. The third-order valence-corrected chi connectivity index (χ3v) is 5.97. The molecular formula is C15H25NO2S. The van der Waals surface area contributed by atoms with E-state index in [1.165, 1.54) is 0 Å². The molecule has 1 rings (SSSR count). The summed E-state index contributed by atoms with van der Waals surface area (Å²) >= 11 is 0. The van der Waals surface area contributed by atoms with Crippen LogP contribution in [0.25, 0.3) is 0 Å². The molecule has 19 heavy (non-hydrogen) atoms. The molecule has 0 aliphatic rings. The fourth-order valence-corrected chi connectivity index (χ4v) is 3.19. The Balaban J connectivity index is 3.08. The van der Waals surface area contributed by atoms with Crippen LogP contribution in [0.5, 0.6) is 0 Å². The Morgan fingerprint density at radius 1 is 1.21 bits per heavy atom. The molecule has 0 fully saturated rings. The molecule has 0 amide bonds. The van der Waals surface area contributed by atoms with E-state index in [-0.39, 0.29) is 11.8 Å². The van der Waals surface area contributed by atoms with Crippen LogP contribution in [0.15, 0.2) is 24.3 Å². The second kappa shape index (κ2) is 6.06. The summed E-state index contributed by atoms with van der Waals surface area (Å²) < 4.78 is 24.0. The van der Waals surface area contributed by atoms with Crippen molar-refractivity contribution < 1.29 is 8.42 Å². The number of nitrogens with one attached hydrogen (secondary N) is 1. The molecule has 1 aromatic carbocycles. The Morgan fingerprint density at radius 2 is 1.79 bits per heavy atom. The van der Waals surface area contributed by atoms with Gasteiger partial charge in [0, 0.05) is 6.04 Å². The molecule has 0 aliphatic heterocycles. The Labute approximate surface area is 117 Å². The maximum Gasteiger partial charge on any atom is 0.157 e. The highest BCUT2D eigenvalue weighted by Crippen LogP contribution is 2.24. The van der Waals surface area contributed by atoms with Crippen LogP contribution in [-0.4, -0.2) is 25.5 Å². The van der Waals surface area contributed by atoms with Gasteiger partial charge in [-0.2, -0.15) is 0 Å². The van der Waals surface area contributed by atoms with Gasteiger partial charge in [-0.3, -0.25) is 0 Å². The molecule has 0 bridgehead atoms. The lowest BCUT2D eigenvalue weighted by Crippen LogP contribution is -2.37. The topological polar surface area (TPSA) is 46.2 Å². The monoisotopic (exact) mass is 283 g/mol. The summed E-state index contributed by atoms with van der Waals surface area (Å²) in [7, 11) is -3.15. The summed E-state index contributed by atoms with van der Waals surface area (Å²) in [6.45, 7) is 10.0. The van der Waals surface area contributed by atoms with Gasteiger partial charge in [-0.1, -0.05) is 31.2 Å². The van der Waals surface area contributed by atoms with E-state index < -0.39 is 14.6 Å². The van der Waals surface area contributed by atoms with Crippen molar-refractivity contribution in [2.45, 2.75) is 45.4 Å². The lowest BCUT2D eigenvalue weighted by Gasteiger charge is -2.25. The molecule has 108 valence electrons. The normalized spacial score (nSPS) is 14.4. The smallest absolute Gasteiger partial charge is 0.157 e. The van der Waals surface area contributed by atoms with Crippen LogP contribution in [0.3, 0.4) is 0 Å². The minimum Gasteiger partial charge on any atom is -0.309 e. The predicted octanol–water partition coefficient (Wildman–Crippen LogP) is 2.86. The summed E-state index contributed by atoms with van der Waals surface area (Å²) in [6.07, 6.45) is 0. The lowest BCUT2D eigenvalue weighted by atomic mass is 10.0. The predicted molar refractivity (Wildman–Crippen MR) is 81.1 cm³/mol. The number of hydrogen-bond donors (Lipinski definition) is 1. The molecule has 0 saturated heterocycles. The third-order valence-electron chi connectivity index (χ3n) is 3.33. The van der Waals surface area contributed by atoms with Gasteiger partial charge in [0.25, 0.3) is 0 Å². The van der Waals surface area contributed by atoms with Crippen molar-refractivity contribution in [2.75, 3.05) is 12.3 Å². The summed E-state index contributed by atoms with van der Waals surface area (Å²) in [5.74, 6) is 0.134. The molecule has 1 N–H and O–H groups in total. The van der Waals surface area contributed by atoms with Gasteiger partial charge in [-0.15, -0.1) is 0 Å². The van der Waals surface area contributed by atoms with Crippen molar-refractivity contribution in [3.8, 4) is 0 Å². The Kier molecular flexibility index (Phi) is 5.16. The molecule has 1 aromatic rings. The number of rotatable bonds is 5. The zero-order chi connectivity index (χ0) is 14.7. The maximum atomic E-state index is 12.4. The molecule has 0 radical (unpaired) electrons.